The van der Waals surface area contributed by atoms with Crippen LogP contribution in [0.2, 0.25) is 0 Å². The molecule has 2 rings (SSSR count). The van der Waals surface area contributed by atoms with Crippen LogP contribution in [0.3, 0.4) is 0 Å². The minimum absolute atomic E-state index is 0.414. The number of ketones is 1. The predicted molar refractivity (Wildman–Crippen MR) is 75.4 cm³/mol. The Bertz CT molecular complexity index is 237. The quantitative estimate of drug-likeness (QED) is 0.727. The Hall–Kier alpha value is 0.0200. The Morgan fingerprint density at radius 1 is 1.12 bits per heavy atom. The van der Waals surface area contributed by atoms with Crippen LogP contribution >= 0.6 is 11.8 Å². The summed E-state index contributed by atoms with van der Waals surface area (Å²) in [7, 11) is 0. The highest BCUT2D eigenvalue weighted by Gasteiger charge is 2.32. The molecule has 1 aliphatic carbocycles. The molecule has 2 heteroatoms. The Morgan fingerprint density at radius 3 is 2.47 bits per heavy atom. The fraction of sp³-hybridized carbons (Fsp3) is 0.933. The molecule has 1 saturated carbocycles. The van der Waals surface area contributed by atoms with Gasteiger partial charge < -0.3 is 0 Å². The first-order valence-electron chi connectivity index (χ1n) is 7.42. The predicted octanol–water partition coefficient (Wildman–Crippen LogP) is 4.31. The lowest BCUT2D eigenvalue weighted by molar-refractivity contribution is -0.127. The van der Waals surface area contributed by atoms with Gasteiger partial charge in [-0.3, -0.25) is 4.79 Å². The normalized spacial score (nSPS) is 33.8. The minimum atomic E-state index is 0.414. The van der Waals surface area contributed by atoms with Crippen LogP contribution in [0, 0.1) is 17.8 Å². The SMILES string of the molecule is CCCCC1CCC(C(=O)C2CCSC2)CC1. The summed E-state index contributed by atoms with van der Waals surface area (Å²) < 4.78 is 0. The van der Waals surface area contributed by atoms with Crippen molar-refractivity contribution < 1.29 is 4.79 Å². The fourth-order valence-electron chi connectivity index (χ4n) is 3.32. The third kappa shape index (κ3) is 3.74. The molecule has 1 unspecified atom stereocenters. The van der Waals surface area contributed by atoms with Crippen molar-refractivity contribution in [3.8, 4) is 0 Å². The first kappa shape index (κ1) is 13.5. The van der Waals surface area contributed by atoms with E-state index in [1.54, 1.807) is 0 Å². The van der Waals surface area contributed by atoms with Crippen LogP contribution in [0.4, 0.5) is 0 Å². The van der Waals surface area contributed by atoms with E-state index in [1.165, 1.54) is 50.7 Å². The molecule has 1 atom stereocenters. The number of thioether (sulfide) groups is 1. The zero-order chi connectivity index (χ0) is 12.1. The second kappa shape index (κ2) is 6.82. The van der Waals surface area contributed by atoms with E-state index in [2.05, 4.69) is 6.92 Å². The lowest BCUT2D eigenvalue weighted by Crippen LogP contribution is -2.27. The summed E-state index contributed by atoms with van der Waals surface area (Å²) in [5, 5.41) is 0. The van der Waals surface area contributed by atoms with E-state index in [0.717, 1.165) is 18.1 Å². The van der Waals surface area contributed by atoms with E-state index in [-0.39, 0.29) is 0 Å². The number of rotatable bonds is 5. The molecule has 0 aromatic rings. The zero-order valence-corrected chi connectivity index (χ0v) is 11.9. The van der Waals surface area contributed by atoms with E-state index < -0.39 is 0 Å². The summed E-state index contributed by atoms with van der Waals surface area (Å²) in [6.45, 7) is 2.27. The Balaban J connectivity index is 1.72. The minimum Gasteiger partial charge on any atom is -0.299 e. The highest BCUT2D eigenvalue weighted by atomic mass is 32.2. The molecule has 0 aromatic carbocycles. The topological polar surface area (TPSA) is 17.1 Å². The Morgan fingerprint density at radius 2 is 1.88 bits per heavy atom. The van der Waals surface area contributed by atoms with Crippen molar-refractivity contribution in [2.45, 2.75) is 58.3 Å². The first-order valence-corrected chi connectivity index (χ1v) is 8.58. The number of Topliss-reactive ketones (excluding diaryl/α,β-unsaturated/α-hetero) is 1. The molecule has 98 valence electrons. The van der Waals surface area contributed by atoms with Gasteiger partial charge in [-0.2, -0.15) is 11.8 Å². The van der Waals surface area contributed by atoms with Gasteiger partial charge >= 0.3 is 0 Å². The molecule has 1 saturated heterocycles. The van der Waals surface area contributed by atoms with Gasteiger partial charge in [0.2, 0.25) is 0 Å². The summed E-state index contributed by atoms with van der Waals surface area (Å²) in [5.74, 6) is 4.70. The van der Waals surface area contributed by atoms with Gasteiger partial charge in [0.1, 0.15) is 5.78 Å². The molecule has 1 aliphatic heterocycles. The summed E-state index contributed by atoms with van der Waals surface area (Å²) >= 11 is 1.97. The Kier molecular flexibility index (Phi) is 5.40. The molecule has 0 radical (unpaired) electrons. The lowest BCUT2D eigenvalue weighted by Gasteiger charge is -2.29. The zero-order valence-electron chi connectivity index (χ0n) is 11.1. The van der Waals surface area contributed by atoms with Gasteiger partial charge in [-0.1, -0.05) is 26.2 Å². The maximum Gasteiger partial charge on any atom is 0.139 e. The van der Waals surface area contributed by atoms with Crippen molar-refractivity contribution in [3.05, 3.63) is 0 Å². The molecule has 0 aromatic heterocycles. The van der Waals surface area contributed by atoms with Crippen molar-refractivity contribution in [1.29, 1.82) is 0 Å². The monoisotopic (exact) mass is 254 g/mol. The van der Waals surface area contributed by atoms with Gasteiger partial charge in [0.05, 0.1) is 0 Å². The summed E-state index contributed by atoms with van der Waals surface area (Å²) in [6.07, 6.45) is 10.3. The van der Waals surface area contributed by atoms with Gasteiger partial charge in [-0.15, -0.1) is 0 Å². The maximum atomic E-state index is 12.3. The van der Waals surface area contributed by atoms with Crippen LogP contribution in [0.1, 0.15) is 58.3 Å². The Labute approximate surface area is 110 Å². The molecule has 0 spiro atoms. The molecular weight excluding hydrogens is 228 g/mol. The maximum absolute atomic E-state index is 12.3. The number of hydrogen-bond donors (Lipinski definition) is 0. The fourth-order valence-corrected chi connectivity index (χ4v) is 4.55. The third-order valence-corrected chi connectivity index (χ3v) is 5.71. The molecule has 1 heterocycles. The summed E-state index contributed by atoms with van der Waals surface area (Å²) in [6, 6.07) is 0. The number of hydrogen-bond acceptors (Lipinski definition) is 2. The smallest absolute Gasteiger partial charge is 0.139 e. The molecule has 2 aliphatic rings. The van der Waals surface area contributed by atoms with E-state index in [1.807, 2.05) is 11.8 Å². The average molecular weight is 254 g/mol. The van der Waals surface area contributed by atoms with Gasteiger partial charge in [-0.25, -0.2) is 0 Å². The van der Waals surface area contributed by atoms with E-state index >= 15 is 0 Å². The lowest BCUT2D eigenvalue weighted by atomic mass is 9.76. The number of unbranched alkanes of at least 4 members (excludes halogenated alkanes) is 1. The van der Waals surface area contributed by atoms with Gasteiger partial charge in [0.15, 0.2) is 0 Å². The molecule has 1 nitrogen and oxygen atoms in total. The average Bonchev–Trinajstić information content (AvgIpc) is 2.90. The van der Waals surface area contributed by atoms with Crippen molar-refractivity contribution >= 4 is 17.5 Å². The van der Waals surface area contributed by atoms with Crippen LogP contribution < -0.4 is 0 Å². The van der Waals surface area contributed by atoms with Crippen molar-refractivity contribution in [2.24, 2.45) is 17.8 Å². The number of carbonyl (C=O) groups excluding carboxylic acids is 1. The van der Waals surface area contributed by atoms with Gasteiger partial charge in [0.25, 0.3) is 0 Å². The molecule has 0 bridgehead atoms. The van der Waals surface area contributed by atoms with Crippen molar-refractivity contribution in [2.75, 3.05) is 11.5 Å². The van der Waals surface area contributed by atoms with Crippen LogP contribution in [-0.4, -0.2) is 17.3 Å². The largest absolute Gasteiger partial charge is 0.299 e. The molecule has 17 heavy (non-hydrogen) atoms. The molecule has 0 amide bonds. The molecular formula is C15H26OS. The van der Waals surface area contributed by atoms with E-state index in [0.29, 0.717) is 17.6 Å². The standard InChI is InChI=1S/C15H26OS/c1-2-3-4-12-5-7-13(8-6-12)15(16)14-9-10-17-11-14/h12-14H,2-11H2,1H3. The van der Waals surface area contributed by atoms with E-state index in [9.17, 15) is 4.79 Å². The van der Waals surface area contributed by atoms with Crippen LogP contribution in [-0.2, 0) is 4.79 Å². The molecule has 2 fully saturated rings. The second-order valence-electron chi connectivity index (χ2n) is 5.82. The van der Waals surface area contributed by atoms with Crippen LogP contribution in [0.25, 0.3) is 0 Å². The summed E-state index contributed by atoms with van der Waals surface area (Å²) in [4.78, 5) is 12.3. The highest BCUT2D eigenvalue weighted by Crippen LogP contribution is 2.36. The van der Waals surface area contributed by atoms with Gasteiger partial charge in [0, 0.05) is 17.6 Å². The third-order valence-electron chi connectivity index (χ3n) is 4.55. The van der Waals surface area contributed by atoms with Crippen LogP contribution in [0.15, 0.2) is 0 Å². The van der Waals surface area contributed by atoms with Crippen molar-refractivity contribution in [1.82, 2.24) is 0 Å². The molecule has 0 N–H and O–H groups in total. The first-order chi connectivity index (χ1) is 8.31. The summed E-state index contributed by atoms with van der Waals surface area (Å²) in [5.41, 5.74) is 0. The number of carbonyl (C=O) groups is 1. The van der Waals surface area contributed by atoms with Crippen molar-refractivity contribution in [3.63, 3.8) is 0 Å². The van der Waals surface area contributed by atoms with E-state index in [4.69, 9.17) is 0 Å². The van der Waals surface area contributed by atoms with Gasteiger partial charge in [-0.05, 0) is 43.8 Å². The second-order valence-corrected chi connectivity index (χ2v) is 6.97. The highest BCUT2D eigenvalue weighted by molar-refractivity contribution is 7.99. The van der Waals surface area contributed by atoms with Crippen LogP contribution in [0.5, 0.6) is 0 Å².